The van der Waals surface area contributed by atoms with Crippen molar-refractivity contribution in [3.05, 3.63) is 64.7 Å². The molecule has 0 saturated carbocycles. The second-order valence-electron chi connectivity index (χ2n) is 6.00. The Kier molecular flexibility index (Phi) is 4.67. The van der Waals surface area contributed by atoms with Crippen LogP contribution in [0.2, 0.25) is 0 Å². The number of rotatable bonds is 3. The summed E-state index contributed by atoms with van der Waals surface area (Å²) < 4.78 is 54.9. The highest BCUT2D eigenvalue weighted by molar-refractivity contribution is 6.08. The lowest BCUT2D eigenvalue weighted by Gasteiger charge is -2.18. The minimum atomic E-state index is -1.36. The molecule has 0 radical (unpaired) electrons. The monoisotopic (exact) mass is 366 g/mol. The van der Waals surface area contributed by atoms with Crippen molar-refractivity contribution in [2.24, 2.45) is 5.92 Å². The molecule has 2 N–H and O–H groups in total. The van der Waals surface area contributed by atoms with Gasteiger partial charge in [-0.25, -0.2) is 17.6 Å². The van der Waals surface area contributed by atoms with Gasteiger partial charge in [0.25, 0.3) is 0 Å². The molecule has 3 rings (SSSR count). The highest BCUT2D eigenvalue weighted by Gasteiger charge is 2.42. The fourth-order valence-electron chi connectivity index (χ4n) is 2.99. The van der Waals surface area contributed by atoms with E-state index in [1.54, 1.807) is 0 Å². The van der Waals surface area contributed by atoms with Gasteiger partial charge in [0.2, 0.25) is 11.8 Å². The number of nitrogens with one attached hydrogen (secondary N) is 2. The van der Waals surface area contributed by atoms with Crippen LogP contribution in [0.4, 0.5) is 23.2 Å². The summed E-state index contributed by atoms with van der Waals surface area (Å²) in [6.45, 7) is 1.21. The largest absolute Gasteiger partial charge is 0.355 e. The second-order valence-corrected chi connectivity index (χ2v) is 6.00. The molecular formula is C18H14F4N2O2. The number of halogens is 4. The Morgan fingerprint density at radius 3 is 2.54 bits per heavy atom. The lowest BCUT2D eigenvalue weighted by molar-refractivity contribution is -0.130. The summed E-state index contributed by atoms with van der Waals surface area (Å²) in [5, 5.41) is 4.60. The van der Waals surface area contributed by atoms with Crippen LogP contribution in [-0.2, 0) is 9.59 Å². The fourth-order valence-corrected chi connectivity index (χ4v) is 2.99. The summed E-state index contributed by atoms with van der Waals surface area (Å²) in [4.78, 5) is 24.5. The molecule has 4 nitrogen and oxygen atoms in total. The molecule has 1 heterocycles. The molecule has 8 heteroatoms. The first-order chi connectivity index (χ1) is 12.3. The third kappa shape index (κ3) is 3.02. The predicted octanol–water partition coefficient (Wildman–Crippen LogP) is 3.02. The van der Waals surface area contributed by atoms with Crippen LogP contribution < -0.4 is 10.6 Å². The molecule has 136 valence electrons. The summed E-state index contributed by atoms with van der Waals surface area (Å²) in [6, 6.07) is 5.44. The van der Waals surface area contributed by atoms with Crippen molar-refractivity contribution in [3.8, 4) is 0 Å². The number of hydrogen-bond acceptors (Lipinski definition) is 2. The maximum Gasteiger partial charge on any atom is 0.237 e. The fraction of sp³-hybridized carbons (Fsp3) is 0.222. The molecular weight excluding hydrogens is 352 g/mol. The molecule has 2 amide bonds. The van der Waals surface area contributed by atoms with Crippen molar-refractivity contribution < 1.29 is 27.2 Å². The molecule has 0 unspecified atom stereocenters. The van der Waals surface area contributed by atoms with E-state index in [4.69, 9.17) is 0 Å². The van der Waals surface area contributed by atoms with Gasteiger partial charge in [-0.3, -0.25) is 9.59 Å². The zero-order valence-corrected chi connectivity index (χ0v) is 13.6. The zero-order valence-electron chi connectivity index (χ0n) is 13.6. The Bertz CT molecular complexity index is 901. The molecule has 2 aromatic carbocycles. The summed E-state index contributed by atoms with van der Waals surface area (Å²) in [7, 11) is 0. The third-order valence-electron chi connectivity index (χ3n) is 4.42. The first-order valence-corrected chi connectivity index (χ1v) is 7.78. The summed E-state index contributed by atoms with van der Waals surface area (Å²) in [5.41, 5.74) is -0.650. The molecule has 2 aromatic rings. The van der Waals surface area contributed by atoms with Gasteiger partial charge in [-0.1, -0.05) is 12.1 Å². The zero-order chi connectivity index (χ0) is 19.0. The summed E-state index contributed by atoms with van der Waals surface area (Å²) >= 11 is 0. The molecule has 2 atom stereocenters. The molecule has 1 aliphatic heterocycles. The van der Waals surface area contributed by atoms with E-state index in [1.165, 1.54) is 19.1 Å². The Morgan fingerprint density at radius 2 is 1.81 bits per heavy atom. The van der Waals surface area contributed by atoms with Crippen LogP contribution in [-0.4, -0.2) is 18.4 Å². The third-order valence-corrected chi connectivity index (χ3v) is 4.42. The van der Waals surface area contributed by atoms with Crippen LogP contribution in [0.25, 0.3) is 0 Å². The summed E-state index contributed by atoms with van der Waals surface area (Å²) in [5.74, 6) is -7.86. The molecule has 0 aromatic heterocycles. The van der Waals surface area contributed by atoms with E-state index in [0.717, 1.165) is 18.2 Å². The van der Waals surface area contributed by atoms with Crippen LogP contribution in [0.5, 0.6) is 0 Å². The van der Waals surface area contributed by atoms with E-state index in [9.17, 15) is 27.2 Å². The average molecular weight is 366 g/mol. The minimum absolute atomic E-state index is 0.00196. The van der Waals surface area contributed by atoms with Crippen molar-refractivity contribution >= 4 is 17.5 Å². The van der Waals surface area contributed by atoms with Gasteiger partial charge in [0.05, 0.1) is 5.69 Å². The van der Waals surface area contributed by atoms with Crippen molar-refractivity contribution in [3.63, 3.8) is 0 Å². The maximum absolute atomic E-state index is 14.4. The van der Waals surface area contributed by atoms with Crippen LogP contribution >= 0.6 is 0 Å². The Labute approximate surface area is 146 Å². The first kappa shape index (κ1) is 17.9. The van der Waals surface area contributed by atoms with E-state index in [0.29, 0.717) is 0 Å². The van der Waals surface area contributed by atoms with Crippen LogP contribution in [0.1, 0.15) is 17.0 Å². The average Bonchev–Trinajstić information content (AvgIpc) is 2.98. The van der Waals surface area contributed by atoms with Gasteiger partial charge in [0.1, 0.15) is 17.6 Å². The van der Waals surface area contributed by atoms with Crippen LogP contribution in [0.15, 0.2) is 30.3 Å². The number of benzene rings is 2. The van der Waals surface area contributed by atoms with Crippen molar-refractivity contribution in [1.29, 1.82) is 0 Å². The number of hydrogen-bond donors (Lipinski definition) is 2. The smallest absolute Gasteiger partial charge is 0.237 e. The van der Waals surface area contributed by atoms with Gasteiger partial charge in [-0.05, 0) is 30.7 Å². The number of carbonyl (C=O) groups is 2. The SMILES string of the molecule is Cc1c(F)ccc([C@H]2CNC(=O)[C@@H]2C(=O)Nc2cccc(F)c2F)c1F. The van der Waals surface area contributed by atoms with E-state index in [-0.39, 0.29) is 17.7 Å². The highest BCUT2D eigenvalue weighted by atomic mass is 19.2. The summed E-state index contributed by atoms with van der Waals surface area (Å²) in [6.07, 6.45) is 0. The highest BCUT2D eigenvalue weighted by Crippen LogP contribution is 2.33. The van der Waals surface area contributed by atoms with Gasteiger partial charge < -0.3 is 10.6 Å². The van der Waals surface area contributed by atoms with Gasteiger partial charge >= 0.3 is 0 Å². The first-order valence-electron chi connectivity index (χ1n) is 7.78. The lowest BCUT2D eigenvalue weighted by atomic mass is 9.86. The molecule has 0 aliphatic carbocycles. The molecule has 1 fully saturated rings. The minimum Gasteiger partial charge on any atom is -0.355 e. The quantitative estimate of drug-likeness (QED) is 0.648. The van der Waals surface area contributed by atoms with Crippen molar-refractivity contribution in [2.75, 3.05) is 11.9 Å². The number of carbonyl (C=O) groups excluding carboxylic acids is 2. The topological polar surface area (TPSA) is 58.2 Å². The number of amides is 2. The maximum atomic E-state index is 14.4. The van der Waals surface area contributed by atoms with Gasteiger partial charge in [0.15, 0.2) is 11.6 Å². The van der Waals surface area contributed by atoms with Gasteiger partial charge in [0, 0.05) is 18.0 Å². The molecule has 0 bridgehead atoms. The van der Waals surface area contributed by atoms with Gasteiger partial charge in [-0.15, -0.1) is 0 Å². The number of anilines is 1. The molecule has 1 saturated heterocycles. The normalized spacial score (nSPS) is 19.3. The van der Waals surface area contributed by atoms with Gasteiger partial charge in [-0.2, -0.15) is 0 Å². The van der Waals surface area contributed by atoms with E-state index >= 15 is 0 Å². The van der Waals surface area contributed by atoms with E-state index < -0.39 is 52.6 Å². The van der Waals surface area contributed by atoms with Crippen LogP contribution in [0.3, 0.4) is 0 Å². The molecule has 1 aliphatic rings. The van der Waals surface area contributed by atoms with Crippen LogP contribution in [0, 0.1) is 36.1 Å². The Balaban J connectivity index is 1.92. The lowest BCUT2D eigenvalue weighted by Crippen LogP contribution is -2.32. The molecule has 26 heavy (non-hydrogen) atoms. The Morgan fingerprint density at radius 1 is 1.08 bits per heavy atom. The second kappa shape index (κ2) is 6.78. The van der Waals surface area contributed by atoms with Crippen molar-refractivity contribution in [2.45, 2.75) is 12.8 Å². The van der Waals surface area contributed by atoms with E-state index in [2.05, 4.69) is 10.6 Å². The Hall–Kier alpha value is -2.90. The van der Waals surface area contributed by atoms with Crippen molar-refractivity contribution in [1.82, 2.24) is 5.32 Å². The predicted molar refractivity (Wildman–Crippen MR) is 85.3 cm³/mol. The van der Waals surface area contributed by atoms with E-state index in [1.807, 2.05) is 0 Å². The molecule has 0 spiro atoms. The standard InChI is InChI=1S/C18H14F4N2O2/c1-8-11(19)6-5-9(15(8)21)10-7-23-17(25)14(10)18(26)24-13-4-2-3-12(20)16(13)22/h2-6,10,14H,7H2,1H3,(H,23,25)(H,24,26)/t10-,14-/m1/s1.